The minimum absolute atomic E-state index is 0.196. The minimum atomic E-state index is -0.196. The Balaban J connectivity index is 1.45. The number of pyridine rings is 1. The number of nitrogens with one attached hydrogen (secondary N) is 1. The largest absolute Gasteiger partial charge is 0.491 e. The van der Waals surface area contributed by atoms with Gasteiger partial charge in [-0.05, 0) is 73.5 Å². The van der Waals surface area contributed by atoms with Gasteiger partial charge in [0, 0.05) is 45.8 Å². The molecule has 4 aromatic rings. The molecular formula is C26H25N3O3S2. The molecule has 2 aromatic heterocycles. The Kier molecular flexibility index (Phi) is 7.95. The van der Waals surface area contributed by atoms with Crippen LogP contribution in [0.2, 0.25) is 0 Å². The van der Waals surface area contributed by atoms with Crippen molar-refractivity contribution in [1.29, 1.82) is 0 Å². The molecule has 34 heavy (non-hydrogen) atoms. The number of hydrogen-bond donors (Lipinski definition) is 1. The number of carbonyl (C=O) groups is 1. The second kappa shape index (κ2) is 11.3. The van der Waals surface area contributed by atoms with Gasteiger partial charge in [0.15, 0.2) is 5.13 Å². The zero-order valence-corrected chi connectivity index (χ0v) is 20.8. The van der Waals surface area contributed by atoms with Crippen LogP contribution >= 0.6 is 23.1 Å². The number of nitrogens with zero attached hydrogens (tertiary/aromatic N) is 2. The van der Waals surface area contributed by atoms with Crippen molar-refractivity contribution in [3.63, 3.8) is 0 Å². The molecule has 8 heteroatoms. The lowest BCUT2D eigenvalue weighted by Gasteiger charge is -2.11. The van der Waals surface area contributed by atoms with Crippen LogP contribution in [0.3, 0.4) is 0 Å². The lowest BCUT2D eigenvalue weighted by atomic mass is 10.0. The molecule has 1 N–H and O–H groups in total. The van der Waals surface area contributed by atoms with E-state index in [9.17, 15) is 4.79 Å². The van der Waals surface area contributed by atoms with Crippen LogP contribution in [-0.2, 0) is 4.74 Å². The van der Waals surface area contributed by atoms with Gasteiger partial charge in [-0.15, -0.1) is 11.3 Å². The van der Waals surface area contributed by atoms with Gasteiger partial charge in [0.25, 0.3) is 5.91 Å². The standard InChI is InChI=1S/C26H25N3O3S2/c1-17-14-22(34-21-6-4-20(5-7-21)32-13-12-31-3)15-18(2)24(17)23-16-33-26(28-23)29-25(30)19-8-10-27-11-9-19/h4-11,14-16H,12-13H2,1-3H3,(H,28,29,30). The van der Waals surface area contributed by atoms with Crippen LogP contribution in [0.25, 0.3) is 11.3 Å². The third-order valence-electron chi connectivity index (χ3n) is 5.05. The Morgan fingerprint density at radius 2 is 1.71 bits per heavy atom. The third-order valence-corrected chi connectivity index (χ3v) is 6.78. The molecule has 1 amide bonds. The smallest absolute Gasteiger partial charge is 0.257 e. The van der Waals surface area contributed by atoms with Gasteiger partial charge in [-0.3, -0.25) is 15.1 Å². The molecule has 2 heterocycles. The Morgan fingerprint density at radius 3 is 2.38 bits per heavy atom. The SMILES string of the molecule is COCCOc1ccc(Sc2cc(C)c(-c3csc(NC(=O)c4ccncc4)n3)c(C)c2)cc1. The molecule has 0 atom stereocenters. The number of benzene rings is 2. The first-order chi connectivity index (χ1) is 16.5. The minimum Gasteiger partial charge on any atom is -0.491 e. The van der Waals surface area contributed by atoms with Crippen molar-refractivity contribution >= 4 is 34.1 Å². The zero-order chi connectivity index (χ0) is 23.9. The fourth-order valence-corrected chi connectivity index (χ4v) is 5.20. The normalized spacial score (nSPS) is 10.8. The molecule has 0 saturated carbocycles. The number of anilines is 1. The number of rotatable bonds is 9. The van der Waals surface area contributed by atoms with E-state index in [1.807, 2.05) is 17.5 Å². The highest BCUT2D eigenvalue weighted by atomic mass is 32.2. The van der Waals surface area contributed by atoms with Gasteiger partial charge in [-0.2, -0.15) is 0 Å². The fourth-order valence-electron chi connectivity index (χ4n) is 3.49. The lowest BCUT2D eigenvalue weighted by molar-refractivity contribution is 0.102. The number of carbonyl (C=O) groups excluding carboxylic acids is 1. The van der Waals surface area contributed by atoms with Crippen molar-refractivity contribution in [2.75, 3.05) is 25.6 Å². The highest BCUT2D eigenvalue weighted by Gasteiger charge is 2.14. The van der Waals surface area contributed by atoms with E-state index in [4.69, 9.17) is 9.47 Å². The maximum absolute atomic E-state index is 12.4. The van der Waals surface area contributed by atoms with Gasteiger partial charge in [-0.1, -0.05) is 11.8 Å². The third kappa shape index (κ3) is 6.02. The first kappa shape index (κ1) is 23.9. The van der Waals surface area contributed by atoms with Crippen molar-refractivity contribution in [1.82, 2.24) is 9.97 Å². The van der Waals surface area contributed by atoms with Crippen LogP contribution in [-0.4, -0.2) is 36.2 Å². The van der Waals surface area contributed by atoms with Crippen LogP contribution in [0.5, 0.6) is 5.75 Å². The molecule has 0 radical (unpaired) electrons. The van der Waals surface area contributed by atoms with E-state index in [-0.39, 0.29) is 5.91 Å². The molecule has 2 aromatic carbocycles. The van der Waals surface area contributed by atoms with Crippen LogP contribution in [0, 0.1) is 13.8 Å². The van der Waals surface area contributed by atoms with E-state index in [2.05, 4.69) is 53.4 Å². The van der Waals surface area contributed by atoms with E-state index in [0.29, 0.717) is 23.9 Å². The Labute approximate surface area is 207 Å². The Bertz CT molecular complexity index is 1240. The first-order valence-corrected chi connectivity index (χ1v) is 12.4. The molecule has 0 unspecified atom stereocenters. The number of amides is 1. The second-order valence-corrected chi connectivity index (χ2v) is 9.58. The summed E-state index contributed by atoms with van der Waals surface area (Å²) < 4.78 is 10.6. The highest BCUT2D eigenvalue weighted by molar-refractivity contribution is 7.99. The van der Waals surface area contributed by atoms with Crippen molar-refractivity contribution < 1.29 is 14.3 Å². The van der Waals surface area contributed by atoms with Gasteiger partial charge in [0.05, 0.1) is 12.3 Å². The molecule has 4 rings (SSSR count). The summed E-state index contributed by atoms with van der Waals surface area (Å²) in [6, 6.07) is 15.8. The average molecular weight is 492 g/mol. The molecule has 6 nitrogen and oxygen atoms in total. The molecule has 0 fully saturated rings. The van der Waals surface area contributed by atoms with Gasteiger partial charge in [0.2, 0.25) is 0 Å². The first-order valence-electron chi connectivity index (χ1n) is 10.7. The zero-order valence-electron chi connectivity index (χ0n) is 19.2. The van der Waals surface area contributed by atoms with Gasteiger partial charge in [0.1, 0.15) is 12.4 Å². The van der Waals surface area contributed by atoms with Gasteiger partial charge < -0.3 is 9.47 Å². The Morgan fingerprint density at radius 1 is 1.00 bits per heavy atom. The maximum atomic E-state index is 12.4. The predicted molar refractivity (Wildman–Crippen MR) is 137 cm³/mol. The number of methoxy groups -OCH3 is 1. The summed E-state index contributed by atoms with van der Waals surface area (Å²) in [5.74, 6) is 0.637. The summed E-state index contributed by atoms with van der Waals surface area (Å²) in [7, 11) is 1.66. The van der Waals surface area contributed by atoms with Gasteiger partial charge >= 0.3 is 0 Å². The van der Waals surface area contributed by atoms with Crippen LogP contribution in [0.15, 0.2) is 76.1 Å². The molecule has 0 bridgehead atoms. The van der Waals surface area contributed by atoms with Gasteiger partial charge in [-0.25, -0.2) is 4.98 Å². The van der Waals surface area contributed by atoms with Crippen molar-refractivity contribution in [3.8, 4) is 17.0 Å². The highest BCUT2D eigenvalue weighted by Crippen LogP contribution is 2.36. The number of aromatic nitrogens is 2. The summed E-state index contributed by atoms with van der Waals surface area (Å²) in [6.45, 7) is 5.29. The molecular weight excluding hydrogens is 466 g/mol. The topological polar surface area (TPSA) is 73.3 Å². The summed E-state index contributed by atoms with van der Waals surface area (Å²) in [5.41, 5.74) is 4.78. The fraction of sp³-hybridized carbons (Fsp3) is 0.192. The average Bonchev–Trinajstić information content (AvgIpc) is 3.28. The summed E-state index contributed by atoms with van der Waals surface area (Å²) in [4.78, 5) is 23.3. The molecule has 0 aliphatic rings. The van der Waals surface area contributed by atoms with E-state index in [1.165, 1.54) is 11.3 Å². The van der Waals surface area contributed by atoms with Crippen LogP contribution in [0.4, 0.5) is 5.13 Å². The summed E-state index contributed by atoms with van der Waals surface area (Å²) in [6.07, 6.45) is 3.19. The molecule has 0 spiro atoms. The monoisotopic (exact) mass is 491 g/mol. The Hall–Kier alpha value is -3.20. The van der Waals surface area contributed by atoms with E-state index in [1.54, 1.807) is 43.4 Å². The second-order valence-electron chi connectivity index (χ2n) is 7.57. The molecule has 0 aliphatic carbocycles. The quantitative estimate of drug-likeness (QED) is 0.279. The summed E-state index contributed by atoms with van der Waals surface area (Å²) >= 11 is 3.12. The van der Waals surface area contributed by atoms with Crippen LogP contribution < -0.4 is 10.1 Å². The maximum Gasteiger partial charge on any atom is 0.257 e. The van der Waals surface area contributed by atoms with E-state index < -0.39 is 0 Å². The van der Waals surface area contributed by atoms with Crippen molar-refractivity contribution in [2.24, 2.45) is 0 Å². The number of aryl methyl sites for hydroxylation is 2. The van der Waals surface area contributed by atoms with E-state index >= 15 is 0 Å². The molecule has 0 aliphatic heterocycles. The van der Waals surface area contributed by atoms with Crippen molar-refractivity contribution in [3.05, 3.63) is 83.0 Å². The number of ether oxygens (including phenoxy) is 2. The number of hydrogen-bond acceptors (Lipinski definition) is 7. The van der Waals surface area contributed by atoms with Crippen LogP contribution in [0.1, 0.15) is 21.5 Å². The number of thiazole rings is 1. The molecule has 174 valence electrons. The molecule has 0 saturated heterocycles. The lowest BCUT2D eigenvalue weighted by Crippen LogP contribution is -2.11. The van der Waals surface area contributed by atoms with E-state index in [0.717, 1.165) is 37.9 Å². The van der Waals surface area contributed by atoms with Crippen molar-refractivity contribution in [2.45, 2.75) is 23.6 Å². The summed E-state index contributed by atoms with van der Waals surface area (Å²) in [5, 5.41) is 5.42. The predicted octanol–water partition coefficient (Wildman–Crippen LogP) is 6.25.